The Balaban J connectivity index is 0. The third kappa shape index (κ3) is 19.9. The normalized spacial score (nSPS) is 4.86. The van der Waals surface area contributed by atoms with E-state index in [0.717, 1.165) is 0 Å². The molecule has 0 radical (unpaired) electrons. The van der Waals surface area contributed by atoms with Crippen molar-refractivity contribution in [3.05, 3.63) is 0 Å². The Morgan fingerprint density at radius 3 is 1.71 bits per heavy atom. The summed E-state index contributed by atoms with van der Waals surface area (Å²) in [5, 5.41) is 0. The van der Waals surface area contributed by atoms with Crippen LogP contribution in [-0.2, 0) is 31.0 Å². The molecule has 0 saturated carbocycles. The van der Waals surface area contributed by atoms with Crippen LogP contribution < -0.4 is 0 Å². The van der Waals surface area contributed by atoms with Crippen LogP contribution in [0.1, 0.15) is 0 Å². The Hall–Kier alpha value is 0.838. The molecule has 0 aromatic rings. The molecule has 0 unspecified atom stereocenters. The molecule has 0 aliphatic rings. The van der Waals surface area contributed by atoms with Crippen LogP contribution in [0.3, 0.4) is 0 Å². The average molecular weight is 181 g/mol. The van der Waals surface area contributed by atoms with E-state index in [1.54, 1.807) is 0 Å². The predicted octanol–water partition coefficient (Wildman–Crippen LogP) is -2.04. The van der Waals surface area contributed by atoms with Crippen molar-refractivity contribution >= 4 is 29.5 Å². The molecule has 0 aromatic carbocycles. The van der Waals surface area contributed by atoms with E-state index in [0.29, 0.717) is 22.4 Å². The zero-order valence-corrected chi connectivity index (χ0v) is 9.98. The van der Waals surface area contributed by atoms with E-state index >= 15 is 0 Å². The fourth-order valence-electron chi connectivity index (χ4n) is 0. The Morgan fingerprint density at radius 1 is 1.57 bits per heavy atom. The molecule has 0 amide bonds. The SMILES string of the molecule is O=B[Si](=O)[AlH2].[O]=[Zn]. The van der Waals surface area contributed by atoms with Crippen molar-refractivity contribution in [1.82, 2.24) is 0 Å². The molecule has 7 heteroatoms. The van der Waals surface area contributed by atoms with Crippen LogP contribution >= 0.6 is 0 Å². The van der Waals surface area contributed by atoms with Crippen LogP contribution in [0.4, 0.5) is 0 Å². The molecule has 0 spiro atoms. The monoisotopic (exact) mass is 180 g/mol. The van der Waals surface area contributed by atoms with Crippen LogP contribution in [-0.4, -0.2) is 29.5 Å². The summed E-state index contributed by atoms with van der Waals surface area (Å²) in [7, 11) is -1.67. The zero-order chi connectivity index (χ0) is 6.28. The second-order valence-corrected chi connectivity index (χ2v) is 5.14. The molecule has 0 heterocycles. The number of hydrogen-bond acceptors (Lipinski definition) is 3. The molecule has 0 N–H and O–H groups in total. The van der Waals surface area contributed by atoms with E-state index in [1.807, 2.05) is 0 Å². The van der Waals surface area contributed by atoms with Gasteiger partial charge in [-0.15, -0.1) is 0 Å². The molecule has 0 fully saturated rings. The molecule has 0 rings (SSSR count). The van der Waals surface area contributed by atoms with Gasteiger partial charge in [-0.3, -0.25) is 0 Å². The van der Waals surface area contributed by atoms with Gasteiger partial charge in [-0.05, 0) is 0 Å². The third-order valence-corrected chi connectivity index (χ3v) is 1.20. The molecular formula is H2AlBO3SiZn. The summed E-state index contributed by atoms with van der Waals surface area (Å²) in [5.41, 5.74) is 0. The predicted molar refractivity (Wildman–Crippen MR) is 22.1 cm³/mol. The van der Waals surface area contributed by atoms with E-state index in [4.69, 9.17) is 3.57 Å². The summed E-state index contributed by atoms with van der Waals surface area (Å²) >= 11 is 0.673. The average Bonchev–Trinajstić information content (AvgIpc) is 1.73. The van der Waals surface area contributed by atoms with Crippen molar-refractivity contribution < 1.29 is 31.0 Å². The van der Waals surface area contributed by atoms with Crippen LogP contribution in [0, 0.1) is 0 Å². The van der Waals surface area contributed by atoms with E-state index in [1.165, 1.54) is 0 Å². The Kier molecular flexibility index (Phi) is 15.3. The minimum atomic E-state index is -1.67. The van der Waals surface area contributed by atoms with Crippen molar-refractivity contribution in [1.29, 1.82) is 0 Å². The first kappa shape index (κ1) is 10.8. The van der Waals surface area contributed by atoms with E-state index in [2.05, 4.69) is 0 Å². The molecule has 0 bridgehead atoms. The van der Waals surface area contributed by atoms with Crippen molar-refractivity contribution in [2.24, 2.45) is 0 Å². The van der Waals surface area contributed by atoms with E-state index in [9.17, 15) is 9.17 Å². The fraction of sp³-hybridized carbons (Fsp3) is 0. The maximum atomic E-state index is 9.69. The molecule has 3 nitrogen and oxygen atoms in total. The van der Waals surface area contributed by atoms with Gasteiger partial charge in [0.1, 0.15) is 0 Å². The molecular weight excluding hydrogens is 179 g/mol. The first-order valence-corrected chi connectivity index (χ1v) is 7.71. The molecule has 0 aromatic heterocycles. The summed E-state index contributed by atoms with van der Waals surface area (Å²) in [6.45, 7) is 0.525. The van der Waals surface area contributed by atoms with Gasteiger partial charge in [0.25, 0.3) is 0 Å². The van der Waals surface area contributed by atoms with Crippen molar-refractivity contribution in [3.63, 3.8) is 0 Å². The molecule has 0 saturated heterocycles. The molecule has 32 valence electrons. The van der Waals surface area contributed by atoms with Crippen molar-refractivity contribution in [2.45, 2.75) is 0 Å². The van der Waals surface area contributed by atoms with Gasteiger partial charge >= 0.3 is 60.5 Å². The molecule has 0 aliphatic carbocycles. The summed E-state index contributed by atoms with van der Waals surface area (Å²) in [6.07, 6.45) is 0. The summed E-state index contributed by atoms with van der Waals surface area (Å²) in [4.78, 5) is 0. The standard InChI is InChI=1S/Al.BO2Si.O.Zn.2H/c;2-1-4-3;;;;. The van der Waals surface area contributed by atoms with Gasteiger partial charge in [0.05, 0.1) is 0 Å². The maximum absolute atomic E-state index is 9.69. The van der Waals surface area contributed by atoms with Gasteiger partial charge in [-0.2, -0.15) is 0 Å². The second kappa shape index (κ2) is 9.96. The third-order valence-electron chi connectivity index (χ3n) is 0.166. The van der Waals surface area contributed by atoms with Crippen molar-refractivity contribution in [3.8, 4) is 0 Å². The van der Waals surface area contributed by atoms with Crippen LogP contribution in [0.2, 0.25) is 0 Å². The van der Waals surface area contributed by atoms with Crippen LogP contribution in [0.5, 0.6) is 0 Å². The number of hydrogen-bond donors (Lipinski definition) is 0. The quantitative estimate of drug-likeness (QED) is 0.438. The Morgan fingerprint density at radius 2 is 1.71 bits per heavy atom. The van der Waals surface area contributed by atoms with Gasteiger partial charge in [-0.1, -0.05) is 0 Å². The second-order valence-electron chi connectivity index (χ2n) is 0.729. The number of rotatable bonds is 1. The molecule has 7 heavy (non-hydrogen) atoms. The van der Waals surface area contributed by atoms with Gasteiger partial charge in [0.15, 0.2) is 0 Å². The molecule has 0 atom stereocenters. The van der Waals surface area contributed by atoms with Crippen molar-refractivity contribution in [2.75, 3.05) is 0 Å². The molecule has 0 aliphatic heterocycles. The Bertz CT molecular complexity index is 75.3. The fourth-order valence-corrected chi connectivity index (χ4v) is 0. The Labute approximate surface area is 60.5 Å². The summed E-state index contributed by atoms with van der Waals surface area (Å²) < 4.78 is 27.3. The topological polar surface area (TPSA) is 51.2 Å². The van der Waals surface area contributed by atoms with Crippen LogP contribution in [0.15, 0.2) is 0 Å². The summed E-state index contributed by atoms with van der Waals surface area (Å²) in [6, 6.07) is 0. The minimum absolute atomic E-state index is 0.125. The van der Waals surface area contributed by atoms with Gasteiger partial charge in [0, 0.05) is 0 Å². The van der Waals surface area contributed by atoms with E-state index < -0.39 is 7.11 Å². The van der Waals surface area contributed by atoms with Gasteiger partial charge in [-0.25, -0.2) is 0 Å². The van der Waals surface area contributed by atoms with Gasteiger partial charge < -0.3 is 0 Å². The zero-order valence-electron chi connectivity index (χ0n) is 4.01. The van der Waals surface area contributed by atoms with Gasteiger partial charge in [0.2, 0.25) is 0 Å². The van der Waals surface area contributed by atoms with E-state index in [-0.39, 0.29) is 18.3 Å². The first-order valence-electron chi connectivity index (χ1n) is 1.52. The summed E-state index contributed by atoms with van der Waals surface area (Å²) in [5.74, 6) is 0. The van der Waals surface area contributed by atoms with Crippen LogP contribution in [0.25, 0.3) is 0 Å². The first-order chi connectivity index (χ1) is 3.27.